The average molecular weight is 231 g/mol. The Labute approximate surface area is 89.9 Å². The number of hydrogen-bond donors (Lipinski definition) is 1. The number of rotatable bonds is 3. The van der Waals surface area contributed by atoms with Gasteiger partial charge in [0.2, 0.25) is 5.92 Å². The summed E-state index contributed by atoms with van der Waals surface area (Å²) in [5, 5.41) is 6.86. The Morgan fingerprint density at radius 1 is 1.56 bits per heavy atom. The van der Waals surface area contributed by atoms with Gasteiger partial charge in [-0.15, -0.1) is 0 Å². The second kappa shape index (κ2) is 3.80. The first-order chi connectivity index (χ1) is 7.48. The Kier molecular flexibility index (Phi) is 2.61. The number of primary amides is 1. The van der Waals surface area contributed by atoms with E-state index in [9.17, 15) is 13.6 Å². The van der Waals surface area contributed by atoms with Crippen molar-refractivity contribution in [3.63, 3.8) is 0 Å². The van der Waals surface area contributed by atoms with Gasteiger partial charge in [-0.1, -0.05) is 5.16 Å². The van der Waals surface area contributed by atoms with Gasteiger partial charge < -0.3 is 5.73 Å². The molecule has 5 nitrogen and oxygen atoms in total. The molecule has 0 radical (unpaired) electrons. The first kappa shape index (κ1) is 11.0. The van der Waals surface area contributed by atoms with Crippen LogP contribution in [0.4, 0.5) is 8.78 Å². The molecule has 1 atom stereocenters. The molecule has 1 amide bonds. The SMILES string of the molecule is NC(=O)c1nonc1C[C@H]1CCC(F)(F)C1. The second-order valence-corrected chi connectivity index (χ2v) is 4.09. The van der Waals surface area contributed by atoms with Crippen LogP contribution in [0.15, 0.2) is 4.63 Å². The van der Waals surface area contributed by atoms with E-state index in [1.54, 1.807) is 0 Å². The van der Waals surface area contributed by atoms with E-state index >= 15 is 0 Å². The quantitative estimate of drug-likeness (QED) is 0.845. The molecule has 88 valence electrons. The molecule has 1 heterocycles. The van der Waals surface area contributed by atoms with Crippen LogP contribution in [0.25, 0.3) is 0 Å². The minimum Gasteiger partial charge on any atom is -0.364 e. The third-order valence-electron chi connectivity index (χ3n) is 2.78. The van der Waals surface area contributed by atoms with E-state index in [-0.39, 0.29) is 36.6 Å². The molecule has 16 heavy (non-hydrogen) atoms. The lowest BCUT2D eigenvalue weighted by Gasteiger charge is -2.08. The number of alkyl halides is 2. The molecule has 2 N–H and O–H groups in total. The van der Waals surface area contributed by atoms with Crippen molar-refractivity contribution in [1.29, 1.82) is 0 Å². The highest BCUT2D eigenvalue weighted by atomic mass is 19.3. The van der Waals surface area contributed by atoms with E-state index in [0.717, 1.165) is 0 Å². The fourth-order valence-corrected chi connectivity index (χ4v) is 2.02. The van der Waals surface area contributed by atoms with Crippen molar-refractivity contribution in [2.24, 2.45) is 11.7 Å². The standard InChI is InChI=1S/C9H11F2N3O2/c10-9(11)2-1-5(4-9)3-6-7(8(12)15)14-16-13-6/h5H,1-4H2,(H2,12,15)/t5-/m1/s1. The fraction of sp³-hybridized carbons (Fsp3) is 0.667. The van der Waals surface area contributed by atoms with Gasteiger partial charge in [-0.3, -0.25) is 4.79 Å². The van der Waals surface area contributed by atoms with Gasteiger partial charge in [0.05, 0.1) is 0 Å². The lowest BCUT2D eigenvalue weighted by Crippen LogP contribution is -2.16. The molecule has 0 spiro atoms. The van der Waals surface area contributed by atoms with Crippen LogP contribution in [0.5, 0.6) is 0 Å². The van der Waals surface area contributed by atoms with Crippen LogP contribution in [0.1, 0.15) is 35.4 Å². The molecule has 7 heteroatoms. The zero-order valence-corrected chi connectivity index (χ0v) is 8.45. The van der Waals surface area contributed by atoms with Gasteiger partial charge >= 0.3 is 0 Å². The summed E-state index contributed by atoms with van der Waals surface area (Å²) in [6, 6.07) is 0. The predicted molar refractivity (Wildman–Crippen MR) is 48.8 cm³/mol. The molecule has 0 unspecified atom stereocenters. The molecule has 1 fully saturated rings. The van der Waals surface area contributed by atoms with Gasteiger partial charge in [0.25, 0.3) is 5.91 Å². The number of aromatic nitrogens is 2. The minimum absolute atomic E-state index is 0.0600. The number of carbonyl (C=O) groups is 1. The number of amides is 1. The maximum atomic E-state index is 12.9. The molecular formula is C9H11F2N3O2. The third-order valence-corrected chi connectivity index (χ3v) is 2.78. The zero-order valence-electron chi connectivity index (χ0n) is 8.45. The molecule has 1 aliphatic rings. The van der Waals surface area contributed by atoms with Crippen molar-refractivity contribution in [3.8, 4) is 0 Å². The lowest BCUT2D eigenvalue weighted by molar-refractivity contribution is 0.00502. The molecule has 0 aromatic carbocycles. The van der Waals surface area contributed by atoms with Crippen LogP contribution >= 0.6 is 0 Å². The Bertz CT molecular complexity index is 405. The van der Waals surface area contributed by atoms with Gasteiger partial charge in [-0.25, -0.2) is 13.4 Å². The Balaban J connectivity index is 2.05. The Morgan fingerprint density at radius 3 is 2.88 bits per heavy atom. The van der Waals surface area contributed by atoms with E-state index in [1.807, 2.05) is 0 Å². The van der Waals surface area contributed by atoms with Crippen molar-refractivity contribution >= 4 is 5.91 Å². The number of nitrogens with two attached hydrogens (primary N) is 1. The summed E-state index contributed by atoms with van der Waals surface area (Å²) in [5.41, 5.74) is 5.25. The monoisotopic (exact) mass is 231 g/mol. The van der Waals surface area contributed by atoms with Gasteiger partial charge in [-0.2, -0.15) is 0 Å². The van der Waals surface area contributed by atoms with Crippen LogP contribution in [0, 0.1) is 5.92 Å². The molecule has 0 aliphatic heterocycles. The molecule has 1 aromatic rings. The Morgan fingerprint density at radius 2 is 2.31 bits per heavy atom. The van der Waals surface area contributed by atoms with Crippen LogP contribution in [0.2, 0.25) is 0 Å². The van der Waals surface area contributed by atoms with E-state index in [1.165, 1.54) is 0 Å². The summed E-state index contributed by atoms with van der Waals surface area (Å²) in [7, 11) is 0. The van der Waals surface area contributed by atoms with Crippen molar-refractivity contribution in [3.05, 3.63) is 11.4 Å². The van der Waals surface area contributed by atoms with Gasteiger partial charge in [0.15, 0.2) is 5.69 Å². The summed E-state index contributed by atoms with van der Waals surface area (Å²) in [5.74, 6) is -3.55. The van der Waals surface area contributed by atoms with Crippen LogP contribution < -0.4 is 5.73 Å². The topological polar surface area (TPSA) is 82.0 Å². The number of carbonyl (C=O) groups excluding carboxylic acids is 1. The van der Waals surface area contributed by atoms with E-state index in [2.05, 4.69) is 14.9 Å². The highest BCUT2D eigenvalue weighted by molar-refractivity contribution is 5.91. The summed E-state index contributed by atoms with van der Waals surface area (Å²) in [6.07, 6.45) is 0.377. The molecular weight excluding hydrogens is 220 g/mol. The van der Waals surface area contributed by atoms with Gasteiger partial charge in [0, 0.05) is 12.8 Å². The molecule has 1 saturated carbocycles. The van der Waals surface area contributed by atoms with Crippen LogP contribution in [-0.2, 0) is 6.42 Å². The number of nitrogens with zero attached hydrogens (tertiary/aromatic N) is 2. The van der Waals surface area contributed by atoms with Crippen molar-refractivity contribution in [2.75, 3.05) is 0 Å². The summed E-state index contributed by atoms with van der Waals surface area (Å²) in [4.78, 5) is 10.9. The van der Waals surface area contributed by atoms with Crippen LogP contribution in [0.3, 0.4) is 0 Å². The third kappa shape index (κ3) is 2.17. The number of hydrogen-bond acceptors (Lipinski definition) is 4. The van der Waals surface area contributed by atoms with E-state index < -0.39 is 11.8 Å². The Hall–Kier alpha value is -1.53. The molecule has 1 aliphatic carbocycles. The maximum absolute atomic E-state index is 12.9. The molecule has 0 saturated heterocycles. The fourth-order valence-electron chi connectivity index (χ4n) is 2.02. The molecule has 2 rings (SSSR count). The van der Waals surface area contributed by atoms with Gasteiger partial charge in [-0.05, 0) is 23.9 Å². The lowest BCUT2D eigenvalue weighted by atomic mass is 10.0. The van der Waals surface area contributed by atoms with Crippen molar-refractivity contribution < 1.29 is 18.2 Å². The maximum Gasteiger partial charge on any atom is 0.272 e. The first-order valence-corrected chi connectivity index (χ1v) is 4.97. The van der Waals surface area contributed by atoms with Crippen molar-refractivity contribution in [2.45, 2.75) is 31.6 Å². The zero-order chi connectivity index (χ0) is 11.8. The molecule has 0 bridgehead atoms. The predicted octanol–water partition coefficient (Wildman–Crippen LogP) is 1.15. The minimum atomic E-state index is -2.60. The average Bonchev–Trinajstić information content (AvgIpc) is 2.73. The van der Waals surface area contributed by atoms with E-state index in [4.69, 9.17) is 5.73 Å². The number of halogens is 2. The summed E-state index contributed by atoms with van der Waals surface area (Å²) >= 11 is 0. The van der Waals surface area contributed by atoms with Gasteiger partial charge in [0.1, 0.15) is 5.69 Å². The van der Waals surface area contributed by atoms with Crippen LogP contribution in [-0.4, -0.2) is 22.1 Å². The highest BCUT2D eigenvalue weighted by Crippen LogP contribution is 2.40. The largest absolute Gasteiger partial charge is 0.364 e. The smallest absolute Gasteiger partial charge is 0.272 e. The first-order valence-electron chi connectivity index (χ1n) is 4.97. The van der Waals surface area contributed by atoms with Crippen molar-refractivity contribution in [1.82, 2.24) is 10.3 Å². The van der Waals surface area contributed by atoms with E-state index in [0.29, 0.717) is 6.42 Å². The second-order valence-electron chi connectivity index (χ2n) is 4.09. The highest BCUT2D eigenvalue weighted by Gasteiger charge is 2.40. The normalized spacial score (nSPS) is 23.5. The summed E-state index contributed by atoms with van der Waals surface area (Å²) < 4.78 is 30.2. The summed E-state index contributed by atoms with van der Waals surface area (Å²) in [6.45, 7) is 0. The molecule has 1 aromatic heterocycles.